The second kappa shape index (κ2) is 8.14. The number of amides is 1. The molecule has 1 aromatic heterocycles. The summed E-state index contributed by atoms with van der Waals surface area (Å²) in [6, 6.07) is 15.9. The monoisotopic (exact) mass is 397 g/mol. The Kier molecular flexibility index (Phi) is 5.43. The highest BCUT2D eigenvalue weighted by Crippen LogP contribution is 2.28. The number of carbonyl (C=O) groups is 1. The summed E-state index contributed by atoms with van der Waals surface area (Å²) in [5.41, 5.74) is 8.10. The number of nitrogens with one attached hydrogen (secondary N) is 1. The molecule has 2 aromatic carbocycles. The molecule has 2 atom stereocenters. The number of benzene rings is 2. The van der Waals surface area contributed by atoms with E-state index >= 15 is 0 Å². The lowest BCUT2D eigenvalue weighted by atomic mass is 9.95. The van der Waals surface area contributed by atoms with E-state index < -0.39 is 0 Å². The van der Waals surface area contributed by atoms with Crippen LogP contribution in [-0.4, -0.2) is 40.1 Å². The third kappa shape index (κ3) is 4.24. The maximum Gasteiger partial charge on any atom is 0.286 e. The van der Waals surface area contributed by atoms with Gasteiger partial charge in [0.25, 0.3) is 5.91 Å². The first kappa shape index (κ1) is 18.7. The molecule has 1 saturated heterocycles. The van der Waals surface area contributed by atoms with Crippen molar-refractivity contribution < 1.29 is 9.18 Å². The van der Waals surface area contributed by atoms with Crippen LogP contribution in [0.2, 0.25) is 0 Å². The first-order chi connectivity index (χ1) is 13.6. The minimum atomic E-state index is -0.353. The van der Waals surface area contributed by atoms with Gasteiger partial charge in [-0.05, 0) is 29.8 Å². The number of halogens is 1. The molecule has 28 heavy (non-hydrogen) atoms. The molecule has 0 bridgehead atoms. The highest BCUT2D eigenvalue weighted by molar-refractivity contribution is 7.13. The number of nitrogens with two attached hydrogens (primary N) is 1. The van der Waals surface area contributed by atoms with Crippen molar-refractivity contribution in [1.82, 2.24) is 15.1 Å². The average molecular weight is 397 g/mol. The second-order valence-corrected chi connectivity index (χ2v) is 7.90. The smallest absolute Gasteiger partial charge is 0.286 e. The van der Waals surface area contributed by atoms with Crippen LogP contribution >= 0.6 is 11.3 Å². The molecule has 6 nitrogen and oxygen atoms in total. The molecule has 3 N–H and O–H groups in total. The number of hydrogen-bond donors (Lipinski definition) is 2. The summed E-state index contributed by atoms with van der Waals surface area (Å²) in [6.45, 7) is 2.23. The van der Waals surface area contributed by atoms with Gasteiger partial charge >= 0.3 is 0 Å². The Morgan fingerprint density at radius 3 is 2.64 bits per heavy atom. The van der Waals surface area contributed by atoms with E-state index in [0.717, 1.165) is 18.1 Å². The lowest BCUT2D eigenvalue weighted by Crippen LogP contribution is -2.28. The minimum absolute atomic E-state index is 0.0663. The summed E-state index contributed by atoms with van der Waals surface area (Å²) in [6.07, 6.45) is 0. The number of carbonyl (C=O) groups excluding carboxylic acids is 1. The van der Waals surface area contributed by atoms with Gasteiger partial charge in [0.05, 0.1) is 6.54 Å². The normalized spacial score (nSPS) is 19.6. The van der Waals surface area contributed by atoms with E-state index in [9.17, 15) is 9.18 Å². The highest BCUT2D eigenvalue weighted by atomic mass is 32.1. The van der Waals surface area contributed by atoms with E-state index in [4.69, 9.17) is 5.73 Å². The summed E-state index contributed by atoms with van der Waals surface area (Å²) in [7, 11) is 0. The van der Waals surface area contributed by atoms with Crippen molar-refractivity contribution in [3.63, 3.8) is 0 Å². The topological polar surface area (TPSA) is 84.1 Å². The van der Waals surface area contributed by atoms with Gasteiger partial charge in [-0.15, -0.1) is 10.2 Å². The van der Waals surface area contributed by atoms with Crippen LogP contribution in [0.3, 0.4) is 0 Å². The third-order valence-electron chi connectivity index (χ3n) is 4.79. The number of aromatic nitrogens is 2. The molecule has 0 aliphatic carbocycles. The number of nitrogens with zero attached hydrogens (tertiary/aromatic N) is 3. The Hall–Kier alpha value is -2.68. The predicted octanol–water partition coefficient (Wildman–Crippen LogP) is 2.86. The van der Waals surface area contributed by atoms with Gasteiger partial charge in [-0.25, -0.2) is 4.39 Å². The summed E-state index contributed by atoms with van der Waals surface area (Å²) in [5.74, 6) is -0.417. The third-order valence-corrected chi connectivity index (χ3v) is 5.70. The molecule has 1 fully saturated rings. The molecule has 8 heteroatoms. The van der Waals surface area contributed by atoms with Gasteiger partial charge in [-0.3, -0.25) is 9.69 Å². The van der Waals surface area contributed by atoms with Crippen molar-refractivity contribution in [2.24, 2.45) is 5.73 Å². The number of anilines is 1. The maximum absolute atomic E-state index is 13.0. The van der Waals surface area contributed by atoms with Crippen molar-refractivity contribution in [2.75, 3.05) is 18.4 Å². The van der Waals surface area contributed by atoms with E-state index in [1.165, 1.54) is 41.2 Å². The van der Waals surface area contributed by atoms with Crippen LogP contribution in [0.15, 0.2) is 54.6 Å². The van der Waals surface area contributed by atoms with Crippen molar-refractivity contribution in [3.8, 4) is 0 Å². The molecule has 2 heterocycles. The maximum atomic E-state index is 13.0. The van der Waals surface area contributed by atoms with Gasteiger partial charge in [-0.1, -0.05) is 41.7 Å². The van der Waals surface area contributed by atoms with E-state index in [2.05, 4.69) is 32.5 Å². The van der Waals surface area contributed by atoms with Crippen LogP contribution in [0.5, 0.6) is 0 Å². The van der Waals surface area contributed by atoms with Crippen molar-refractivity contribution in [2.45, 2.75) is 18.5 Å². The summed E-state index contributed by atoms with van der Waals surface area (Å²) < 4.78 is 13.0. The second-order valence-electron chi connectivity index (χ2n) is 6.84. The fourth-order valence-electron chi connectivity index (χ4n) is 3.41. The van der Waals surface area contributed by atoms with Gasteiger partial charge in [0.2, 0.25) is 5.01 Å². The van der Waals surface area contributed by atoms with Gasteiger partial charge < -0.3 is 11.1 Å². The van der Waals surface area contributed by atoms with E-state index in [1.54, 1.807) is 0 Å². The zero-order chi connectivity index (χ0) is 19.5. The van der Waals surface area contributed by atoms with Crippen molar-refractivity contribution >= 4 is 22.9 Å². The standard InChI is InChI=1S/C20H20FN5OS/c21-14-6-8-15(9-7-14)23-19(27)20-25-24-18(28-20)12-26-10-16(17(22)11-26)13-4-2-1-3-5-13/h1-9,16-17H,10-12,22H2,(H,23,27)/t16-,17+/m0/s1. The predicted molar refractivity (Wildman–Crippen MR) is 107 cm³/mol. The van der Waals surface area contributed by atoms with Crippen LogP contribution in [0, 0.1) is 5.82 Å². The van der Waals surface area contributed by atoms with E-state index in [0.29, 0.717) is 12.2 Å². The van der Waals surface area contributed by atoms with Crippen molar-refractivity contribution in [3.05, 3.63) is 76.0 Å². The molecule has 0 unspecified atom stereocenters. The minimum Gasteiger partial charge on any atom is -0.326 e. The molecule has 1 amide bonds. The van der Waals surface area contributed by atoms with Crippen LogP contribution in [-0.2, 0) is 6.54 Å². The molecule has 1 aliphatic rings. The Balaban J connectivity index is 1.37. The summed E-state index contributed by atoms with van der Waals surface area (Å²) >= 11 is 1.26. The Morgan fingerprint density at radius 2 is 1.89 bits per heavy atom. The quantitative estimate of drug-likeness (QED) is 0.692. The van der Waals surface area contributed by atoms with Gasteiger partial charge in [0.1, 0.15) is 10.8 Å². The van der Waals surface area contributed by atoms with Crippen LogP contribution < -0.4 is 11.1 Å². The number of hydrogen-bond acceptors (Lipinski definition) is 6. The fourth-order valence-corrected chi connectivity index (χ4v) is 4.19. The Morgan fingerprint density at radius 1 is 1.14 bits per heavy atom. The average Bonchev–Trinajstić information content (AvgIpc) is 3.31. The molecule has 4 rings (SSSR count). The largest absolute Gasteiger partial charge is 0.326 e. The molecule has 144 valence electrons. The summed E-state index contributed by atoms with van der Waals surface area (Å²) in [5, 5.41) is 11.9. The molecule has 0 spiro atoms. The number of rotatable bonds is 5. The lowest BCUT2D eigenvalue weighted by Gasteiger charge is -2.14. The zero-order valence-corrected chi connectivity index (χ0v) is 15.9. The molecular formula is C20H20FN5OS. The van der Waals surface area contributed by atoms with Gasteiger partial charge in [0.15, 0.2) is 0 Å². The van der Waals surface area contributed by atoms with Gasteiger partial charge in [0, 0.05) is 30.7 Å². The lowest BCUT2D eigenvalue weighted by molar-refractivity contribution is 0.102. The zero-order valence-electron chi connectivity index (χ0n) is 15.1. The molecule has 3 aromatic rings. The molecule has 0 radical (unpaired) electrons. The van der Waals surface area contributed by atoms with Gasteiger partial charge in [-0.2, -0.15) is 0 Å². The molecule has 0 saturated carbocycles. The van der Waals surface area contributed by atoms with Crippen LogP contribution in [0.1, 0.15) is 26.3 Å². The number of likely N-dealkylation sites (tertiary alicyclic amines) is 1. The fraction of sp³-hybridized carbons (Fsp3) is 0.250. The molecule has 1 aliphatic heterocycles. The Labute approximate surface area is 166 Å². The first-order valence-corrected chi connectivity index (χ1v) is 9.82. The molecular weight excluding hydrogens is 377 g/mol. The highest BCUT2D eigenvalue weighted by Gasteiger charge is 2.31. The Bertz CT molecular complexity index is 947. The van der Waals surface area contributed by atoms with E-state index in [-0.39, 0.29) is 28.7 Å². The summed E-state index contributed by atoms with van der Waals surface area (Å²) in [4.78, 5) is 14.5. The SMILES string of the molecule is N[C@@H]1CN(Cc2nnc(C(=O)Nc3ccc(F)cc3)s2)C[C@H]1c1ccccc1. The van der Waals surface area contributed by atoms with Crippen LogP contribution in [0.25, 0.3) is 0 Å². The van der Waals surface area contributed by atoms with Crippen molar-refractivity contribution in [1.29, 1.82) is 0 Å². The van der Waals surface area contributed by atoms with Crippen LogP contribution in [0.4, 0.5) is 10.1 Å². The first-order valence-electron chi connectivity index (χ1n) is 9.00. The van der Waals surface area contributed by atoms with E-state index in [1.807, 2.05) is 18.2 Å².